The van der Waals surface area contributed by atoms with Gasteiger partial charge in [0.1, 0.15) is 0 Å². The highest BCUT2D eigenvalue weighted by Crippen LogP contribution is 2.49. The van der Waals surface area contributed by atoms with Gasteiger partial charge in [-0.3, -0.25) is 0 Å². The van der Waals surface area contributed by atoms with Gasteiger partial charge in [0, 0.05) is 0 Å². The second kappa shape index (κ2) is 10.5. The van der Waals surface area contributed by atoms with Gasteiger partial charge in [0.15, 0.2) is 5.79 Å². The van der Waals surface area contributed by atoms with E-state index >= 15 is 0 Å². The lowest BCUT2D eigenvalue weighted by molar-refractivity contribution is -0.156. The average Bonchev–Trinajstić information content (AvgIpc) is 3.16. The zero-order valence-electron chi connectivity index (χ0n) is 21.1. The van der Waals surface area contributed by atoms with Crippen LogP contribution in [0.5, 0.6) is 0 Å². The van der Waals surface area contributed by atoms with Crippen LogP contribution in [0.15, 0.2) is 0 Å². The molecule has 4 radical (unpaired) electrons. The second-order valence-electron chi connectivity index (χ2n) is 12.1. The first kappa shape index (κ1) is 27.9. The largest absolute Gasteiger partial charge is 0.393 e. The summed E-state index contributed by atoms with van der Waals surface area (Å²) >= 11 is 0. The molecule has 3 fully saturated rings. The Labute approximate surface area is 195 Å². The number of fused-ring (bicyclic) bond motifs is 1. The number of rotatable bonds is 6. The maximum Gasteiger partial charge on any atom is 0.163 e. The molecule has 0 bridgehead atoms. The Hall–Kier alpha value is 0.610. The average molecular weight is 466 g/mol. The van der Waals surface area contributed by atoms with E-state index in [4.69, 9.17) is 25.2 Å². The molecule has 31 heavy (non-hydrogen) atoms. The third-order valence-corrected chi connectivity index (χ3v) is 10.0. The summed E-state index contributed by atoms with van der Waals surface area (Å²) in [5.41, 5.74) is 0. The van der Waals surface area contributed by atoms with Crippen molar-refractivity contribution in [2.45, 2.75) is 82.2 Å². The summed E-state index contributed by atoms with van der Waals surface area (Å²) in [6.45, 7) is 13.2. The molecule has 176 valence electrons. The van der Waals surface area contributed by atoms with Crippen LogP contribution in [0.25, 0.3) is 0 Å². The fourth-order valence-electron chi connectivity index (χ4n) is 5.12. The first-order chi connectivity index (χ1) is 14.0. The maximum absolute atomic E-state index is 9.94. The van der Waals surface area contributed by atoms with Crippen LogP contribution >= 0.6 is 13.8 Å². The third kappa shape index (κ3) is 8.40. The zero-order valence-corrected chi connectivity index (χ0v) is 22.9. The quantitative estimate of drug-likeness (QED) is 0.458. The van der Waals surface area contributed by atoms with Gasteiger partial charge in [-0.15, -0.1) is 26.4 Å². The molecule has 0 spiro atoms. The predicted molar refractivity (Wildman–Crippen MR) is 145 cm³/mol. The number of ether oxygens (including phenoxy) is 2. The number of hydrogen-bond acceptors (Lipinski definition) is 3. The third-order valence-electron chi connectivity index (χ3n) is 7.11. The minimum atomic E-state index is -0.944. The summed E-state index contributed by atoms with van der Waals surface area (Å²) in [6.07, 6.45) is 15.3. The lowest BCUT2D eigenvalue weighted by Crippen LogP contribution is -2.25. The van der Waals surface area contributed by atoms with Crippen molar-refractivity contribution >= 4 is 42.1 Å². The Balaban J connectivity index is 0.000000225. The molecule has 3 nitrogen and oxygen atoms in total. The Morgan fingerprint density at radius 2 is 1.32 bits per heavy atom. The first-order valence-electron chi connectivity index (χ1n) is 11.9. The maximum atomic E-state index is 9.94. The minimum absolute atomic E-state index is 0.0984. The first-order valence-corrected chi connectivity index (χ1v) is 18.0. The molecule has 1 N–H and O–H groups in total. The van der Waals surface area contributed by atoms with Crippen LogP contribution in [-0.2, 0) is 9.47 Å². The predicted octanol–water partition coefficient (Wildman–Crippen LogP) is 4.64. The van der Waals surface area contributed by atoms with Gasteiger partial charge in [0.2, 0.25) is 0 Å². The van der Waals surface area contributed by atoms with Crippen LogP contribution in [0.3, 0.4) is 0 Å². The molecule has 7 heteroatoms. The molecular weight excluding hydrogens is 420 g/mol. The number of aliphatic hydroxyl groups excluding tert-OH is 1. The lowest BCUT2D eigenvalue weighted by Gasteiger charge is -2.24. The fourth-order valence-corrected chi connectivity index (χ4v) is 7.18. The van der Waals surface area contributed by atoms with Crippen LogP contribution in [-0.4, -0.2) is 96.5 Å². The SMILES string of the molecule is [B][C@@H]1C[C@H](CCP(=C)(C)C)[C@@H](O)[C@H]1C.[B][C@@H]1C[C@H](CCP(=C)(C)C)[C@H]2OC(C)(C)OC12. The van der Waals surface area contributed by atoms with Gasteiger partial charge in [-0.2, -0.15) is 0 Å². The topological polar surface area (TPSA) is 38.7 Å². The van der Waals surface area contributed by atoms with Crippen molar-refractivity contribution in [3.63, 3.8) is 0 Å². The van der Waals surface area contributed by atoms with Crippen molar-refractivity contribution in [3.05, 3.63) is 0 Å². The summed E-state index contributed by atoms with van der Waals surface area (Å²) in [5.74, 6) is 1.12. The summed E-state index contributed by atoms with van der Waals surface area (Å²) in [4.78, 5) is 0. The molecule has 1 aliphatic heterocycles. The van der Waals surface area contributed by atoms with E-state index in [2.05, 4.69) is 46.2 Å². The molecule has 2 saturated carbocycles. The standard InChI is InChI=1S/C13H24BO2P.C11H22BOP/c1-13(2)15-11-9(6-7-17(3,4)5)8-10(14)12(11)16-13;1-8-10(12)7-9(11(8)13)5-6-14(2,3)4/h9-12H,3,6-8H2,1-2,4-5H3;8-11,13H,2,5-7H2,1,3-4H3/t9-,10+,11+,12?;8-,9-,10+,11-/m00/s1. The summed E-state index contributed by atoms with van der Waals surface area (Å²) < 4.78 is 11.9. The van der Waals surface area contributed by atoms with Crippen LogP contribution in [0, 0.1) is 17.8 Å². The van der Waals surface area contributed by atoms with E-state index in [1.807, 2.05) is 13.8 Å². The van der Waals surface area contributed by atoms with E-state index in [9.17, 15) is 5.11 Å². The van der Waals surface area contributed by atoms with Crippen LogP contribution in [0.4, 0.5) is 0 Å². The van der Waals surface area contributed by atoms with Crippen LogP contribution < -0.4 is 0 Å². The Kier molecular flexibility index (Phi) is 9.41. The summed E-state index contributed by atoms with van der Waals surface area (Å²) in [6, 6.07) is 0. The van der Waals surface area contributed by atoms with Gasteiger partial charge in [0.05, 0.1) is 34.0 Å². The highest BCUT2D eigenvalue weighted by atomic mass is 31.2. The molecule has 0 aromatic heterocycles. The summed E-state index contributed by atoms with van der Waals surface area (Å²) in [5, 5.41) is 9.94. The molecule has 8 atom stereocenters. The van der Waals surface area contributed by atoms with Crippen molar-refractivity contribution in [2.75, 3.05) is 39.0 Å². The highest BCUT2D eigenvalue weighted by Gasteiger charge is 2.51. The van der Waals surface area contributed by atoms with Crippen LogP contribution in [0.2, 0.25) is 11.6 Å². The molecule has 1 saturated heterocycles. The van der Waals surface area contributed by atoms with E-state index in [0.29, 0.717) is 11.8 Å². The van der Waals surface area contributed by atoms with Crippen molar-refractivity contribution < 1.29 is 14.6 Å². The normalized spacial score (nSPS) is 39.7. The Morgan fingerprint density at radius 3 is 1.77 bits per heavy atom. The smallest absolute Gasteiger partial charge is 0.163 e. The minimum Gasteiger partial charge on any atom is -0.393 e. The van der Waals surface area contributed by atoms with Crippen molar-refractivity contribution in [1.29, 1.82) is 0 Å². The molecule has 1 heterocycles. The molecule has 3 rings (SSSR count). The van der Waals surface area contributed by atoms with Gasteiger partial charge in [0.25, 0.3) is 0 Å². The van der Waals surface area contributed by atoms with Gasteiger partial charge >= 0.3 is 0 Å². The monoisotopic (exact) mass is 466 g/mol. The van der Waals surface area contributed by atoms with E-state index in [-0.39, 0.29) is 35.9 Å². The van der Waals surface area contributed by atoms with Crippen LogP contribution in [0.1, 0.15) is 46.5 Å². The molecule has 0 aromatic rings. The molecule has 0 aromatic carbocycles. The van der Waals surface area contributed by atoms with E-state index in [1.165, 1.54) is 18.7 Å². The summed E-state index contributed by atoms with van der Waals surface area (Å²) in [7, 11) is 12.1. The van der Waals surface area contributed by atoms with E-state index in [0.717, 1.165) is 19.3 Å². The molecular formula is C24H46B2O3P2. The van der Waals surface area contributed by atoms with Gasteiger partial charge in [-0.25, -0.2) is 0 Å². The van der Waals surface area contributed by atoms with Gasteiger partial charge in [-0.1, -0.05) is 25.6 Å². The Morgan fingerprint density at radius 1 is 0.871 bits per heavy atom. The van der Waals surface area contributed by atoms with E-state index in [1.54, 1.807) is 0 Å². The second-order valence-corrected chi connectivity index (χ2v) is 20.8. The fraction of sp³-hybridized carbons (Fsp3) is 0.917. The highest BCUT2D eigenvalue weighted by molar-refractivity contribution is 7.72. The number of aliphatic hydroxyl groups is 1. The Bertz CT molecular complexity index is 686. The number of hydrogen-bond donors (Lipinski definition) is 1. The van der Waals surface area contributed by atoms with Crippen molar-refractivity contribution in [2.24, 2.45) is 17.8 Å². The van der Waals surface area contributed by atoms with Crippen molar-refractivity contribution in [3.8, 4) is 0 Å². The molecule has 3 aliphatic rings. The van der Waals surface area contributed by atoms with Gasteiger partial charge < -0.3 is 14.6 Å². The van der Waals surface area contributed by atoms with E-state index < -0.39 is 19.6 Å². The lowest BCUT2D eigenvalue weighted by atomic mass is 9.79. The zero-order chi connectivity index (χ0) is 23.8. The molecule has 2 aliphatic carbocycles. The molecule has 0 amide bonds. The van der Waals surface area contributed by atoms with Gasteiger partial charge in [-0.05, 0) is 89.2 Å². The molecule has 1 unspecified atom stereocenters. The van der Waals surface area contributed by atoms with Crippen molar-refractivity contribution in [1.82, 2.24) is 0 Å².